The van der Waals surface area contributed by atoms with Crippen LogP contribution in [0, 0.1) is 26.3 Å². The Morgan fingerprint density at radius 1 is 0.900 bits per heavy atom. The van der Waals surface area contributed by atoms with E-state index in [1.165, 1.54) is 0 Å². The van der Waals surface area contributed by atoms with E-state index in [9.17, 15) is 14.4 Å². The monoisotopic (exact) mass is 539 g/mol. The van der Waals surface area contributed by atoms with Gasteiger partial charge in [0.05, 0.1) is 0 Å². The highest BCUT2D eigenvalue weighted by molar-refractivity contribution is 5.93. The molecule has 3 aromatic carbocycles. The molecule has 0 bridgehead atoms. The summed E-state index contributed by atoms with van der Waals surface area (Å²) in [6.45, 7) is 9.37. The number of amides is 3. The minimum Gasteiger partial charge on any atom is -0.444 e. The lowest BCUT2D eigenvalue weighted by Gasteiger charge is -2.30. The van der Waals surface area contributed by atoms with Gasteiger partial charge in [0.2, 0.25) is 5.91 Å². The predicted octanol–water partition coefficient (Wildman–Crippen LogP) is 5.22. The summed E-state index contributed by atoms with van der Waals surface area (Å²) in [5.74, 6) is -1.04. The first-order chi connectivity index (χ1) is 19.0. The molecule has 0 aliphatic carbocycles. The number of aryl methyl sites for hydroxylation is 2. The van der Waals surface area contributed by atoms with Crippen molar-refractivity contribution in [3.8, 4) is 12.5 Å². The summed E-state index contributed by atoms with van der Waals surface area (Å²) in [6.07, 6.45) is 5.32. The molecule has 7 nitrogen and oxygen atoms in total. The van der Waals surface area contributed by atoms with Crippen molar-refractivity contribution in [2.45, 2.75) is 65.3 Å². The largest absolute Gasteiger partial charge is 0.444 e. The second kappa shape index (κ2) is 13.5. The van der Waals surface area contributed by atoms with Crippen LogP contribution in [-0.4, -0.2) is 34.5 Å². The van der Waals surface area contributed by atoms with Crippen LogP contribution >= 0.6 is 0 Å². The second-order valence-corrected chi connectivity index (χ2v) is 10.7. The Morgan fingerprint density at radius 3 is 2.05 bits per heavy atom. The lowest BCUT2D eigenvalue weighted by molar-refractivity contribution is -0.138. The molecular formula is C33H37N3O4. The van der Waals surface area contributed by atoms with Crippen LogP contribution in [0.1, 0.15) is 54.6 Å². The molecule has 2 N–H and O–H groups in total. The summed E-state index contributed by atoms with van der Waals surface area (Å²) < 4.78 is 5.43. The lowest BCUT2D eigenvalue weighted by atomic mass is 9.97. The fraction of sp³-hybridized carbons (Fsp3) is 0.303. The molecule has 3 rings (SSSR count). The number of benzene rings is 3. The summed E-state index contributed by atoms with van der Waals surface area (Å²) >= 11 is 0. The van der Waals surface area contributed by atoms with Gasteiger partial charge in [0.1, 0.15) is 17.7 Å². The number of carbonyl (C=O) groups excluding carboxylic acids is 3. The van der Waals surface area contributed by atoms with Gasteiger partial charge in [-0.1, -0.05) is 85.3 Å². The average molecular weight is 540 g/mol. The van der Waals surface area contributed by atoms with Crippen molar-refractivity contribution in [1.82, 2.24) is 15.5 Å². The van der Waals surface area contributed by atoms with Gasteiger partial charge < -0.3 is 15.4 Å². The van der Waals surface area contributed by atoms with Crippen molar-refractivity contribution in [1.29, 1.82) is 0 Å². The molecule has 2 unspecified atom stereocenters. The smallest absolute Gasteiger partial charge is 0.408 e. The number of terminal acetylenes is 1. The van der Waals surface area contributed by atoms with E-state index in [-0.39, 0.29) is 13.0 Å². The first kappa shape index (κ1) is 30.0. The van der Waals surface area contributed by atoms with E-state index in [4.69, 9.17) is 11.2 Å². The third-order valence-electron chi connectivity index (χ3n) is 6.31. The van der Waals surface area contributed by atoms with E-state index < -0.39 is 35.6 Å². The number of hydrogen-bond acceptors (Lipinski definition) is 4. The third kappa shape index (κ3) is 8.47. The van der Waals surface area contributed by atoms with Gasteiger partial charge in [-0.05, 0) is 62.4 Å². The van der Waals surface area contributed by atoms with Crippen molar-refractivity contribution < 1.29 is 19.1 Å². The zero-order valence-corrected chi connectivity index (χ0v) is 23.7. The zero-order valence-electron chi connectivity index (χ0n) is 23.7. The van der Waals surface area contributed by atoms with Crippen LogP contribution in [0.3, 0.4) is 0 Å². The van der Waals surface area contributed by atoms with Crippen LogP contribution in [0.5, 0.6) is 0 Å². The molecule has 0 aromatic heterocycles. The Morgan fingerprint density at radius 2 is 1.50 bits per heavy atom. The molecule has 0 saturated carbocycles. The standard InChI is InChI=1S/C33H37N3O4/c1-7-36(31(38)28(21-25-14-10-8-11-15-25)35-32(39)40-33(4,5)6)29(27-19-18-23(2)24(3)20-27)30(37)34-22-26-16-12-9-13-17-26/h1,8-20,28-29H,21-22H2,2-6H3,(H,34,37)(H,35,39). The van der Waals surface area contributed by atoms with Crippen molar-refractivity contribution in [2.75, 3.05) is 0 Å². The van der Waals surface area contributed by atoms with Crippen LogP contribution in [-0.2, 0) is 27.3 Å². The number of rotatable bonds is 9. The van der Waals surface area contributed by atoms with E-state index in [1.54, 1.807) is 26.8 Å². The summed E-state index contributed by atoms with van der Waals surface area (Å²) in [5, 5.41) is 5.60. The average Bonchev–Trinajstić information content (AvgIpc) is 2.91. The summed E-state index contributed by atoms with van der Waals surface area (Å²) in [4.78, 5) is 41.6. The number of ether oxygens (including phenoxy) is 1. The Bertz CT molecular complexity index is 1360. The van der Waals surface area contributed by atoms with Gasteiger partial charge in [-0.25, -0.2) is 4.79 Å². The summed E-state index contributed by atoms with van der Waals surface area (Å²) in [5.41, 5.74) is 3.51. The molecule has 0 aliphatic heterocycles. The van der Waals surface area contributed by atoms with Crippen LogP contribution in [0.2, 0.25) is 0 Å². The third-order valence-corrected chi connectivity index (χ3v) is 6.31. The molecule has 0 saturated heterocycles. The van der Waals surface area contributed by atoms with Crippen molar-refractivity contribution in [3.05, 3.63) is 107 Å². The van der Waals surface area contributed by atoms with E-state index in [0.717, 1.165) is 27.2 Å². The lowest BCUT2D eigenvalue weighted by Crippen LogP contribution is -2.52. The molecule has 7 heteroatoms. The van der Waals surface area contributed by atoms with Gasteiger partial charge in [-0.15, -0.1) is 0 Å². The van der Waals surface area contributed by atoms with Gasteiger partial charge in [-0.2, -0.15) is 0 Å². The maximum atomic E-state index is 14.1. The molecule has 40 heavy (non-hydrogen) atoms. The molecule has 3 amide bonds. The van der Waals surface area contributed by atoms with Crippen LogP contribution in [0.25, 0.3) is 0 Å². The maximum Gasteiger partial charge on any atom is 0.408 e. The van der Waals surface area contributed by atoms with Crippen molar-refractivity contribution >= 4 is 17.9 Å². The molecule has 0 fully saturated rings. The first-order valence-corrected chi connectivity index (χ1v) is 13.2. The molecule has 208 valence electrons. The van der Waals surface area contributed by atoms with Crippen LogP contribution < -0.4 is 10.6 Å². The fourth-order valence-corrected chi connectivity index (χ4v) is 4.17. The molecular weight excluding hydrogens is 502 g/mol. The molecule has 3 aromatic rings. The predicted molar refractivity (Wildman–Crippen MR) is 156 cm³/mol. The Balaban J connectivity index is 1.98. The van der Waals surface area contributed by atoms with E-state index in [1.807, 2.05) is 86.6 Å². The summed E-state index contributed by atoms with van der Waals surface area (Å²) in [6, 6.07) is 24.5. The van der Waals surface area contributed by atoms with Gasteiger partial charge in [0, 0.05) is 19.0 Å². The maximum absolute atomic E-state index is 14.1. The first-order valence-electron chi connectivity index (χ1n) is 13.2. The highest BCUT2D eigenvalue weighted by Gasteiger charge is 2.36. The molecule has 2 atom stereocenters. The quantitative estimate of drug-likeness (QED) is 0.288. The van der Waals surface area contributed by atoms with Gasteiger partial charge in [-0.3, -0.25) is 14.5 Å². The molecule has 0 aliphatic rings. The normalized spacial score (nSPS) is 12.4. The minimum absolute atomic E-state index is 0.155. The molecule has 0 spiro atoms. The van der Waals surface area contributed by atoms with E-state index in [0.29, 0.717) is 5.56 Å². The summed E-state index contributed by atoms with van der Waals surface area (Å²) in [7, 11) is 0. The Labute approximate surface area is 236 Å². The van der Waals surface area contributed by atoms with Gasteiger partial charge >= 0.3 is 6.09 Å². The molecule has 0 radical (unpaired) electrons. The SMILES string of the molecule is C#CN(C(=O)C(Cc1ccccc1)NC(=O)OC(C)(C)C)C(C(=O)NCc1ccccc1)c1ccc(C)c(C)c1. The Kier molecular flexibility index (Phi) is 10.1. The van der Waals surface area contributed by atoms with Gasteiger partial charge in [0.25, 0.3) is 5.91 Å². The zero-order chi connectivity index (χ0) is 29.3. The topological polar surface area (TPSA) is 87.7 Å². The van der Waals surface area contributed by atoms with Crippen LogP contribution in [0.15, 0.2) is 78.9 Å². The highest BCUT2D eigenvalue weighted by Crippen LogP contribution is 2.25. The fourth-order valence-electron chi connectivity index (χ4n) is 4.17. The van der Waals surface area contributed by atoms with E-state index >= 15 is 0 Å². The van der Waals surface area contributed by atoms with E-state index in [2.05, 4.69) is 16.7 Å². The second-order valence-electron chi connectivity index (χ2n) is 10.7. The number of nitrogens with zero attached hydrogens (tertiary/aromatic N) is 1. The Hall–Kier alpha value is -4.57. The van der Waals surface area contributed by atoms with Gasteiger partial charge in [0.15, 0.2) is 0 Å². The number of hydrogen-bond donors (Lipinski definition) is 2. The van der Waals surface area contributed by atoms with Crippen molar-refractivity contribution in [3.63, 3.8) is 0 Å². The molecule has 0 heterocycles. The number of alkyl carbamates (subject to hydrolysis) is 1. The number of nitrogens with one attached hydrogen (secondary N) is 2. The highest BCUT2D eigenvalue weighted by atomic mass is 16.6. The minimum atomic E-state index is -1.13. The van der Waals surface area contributed by atoms with Crippen molar-refractivity contribution in [2.24, 2.45) is 0 Å². The number of carbonyl (C=O) groups is 3. The van der Waals surface area contributed by atoms with Crippen LogP contribution in [0.4, 0.5) is 4.79 Å².